The molecule has 3 rings (SSSR count). The molecule has 1 N–H and O–H groups in total. The summed E-state index contributed by atoms with van der Waals surface area (Å²) in [5, 5.41) is 2.73. The predicted molar refractivity (Wildman–Crippen MR) is 96.6 cm³/mol. The van der Waals surface area contributed by atoms with Gasteiger partial charge in [-0.15, -0.1) is 0 Å². The standard InChI is InChI=1S/C19H29N3O5/c1-13(16(24)21(2)14-8-4-3-5-9-14)27-15(23)12-22-17(25)19(20-18(22)26)10-6-7-11-19/h13-14H,3-12H2,1-2H3,(H,20,26)/t13-/m1/s1. The van der Waals surface area contributed by atoms with E-state index in [0.717, 1.165) is 43.4 Å². The molecule has 0 unspecified atom stereocenters. The van der Waals surface area contributed by atoms with Gasteiger partial charge in [0.25, 0.3) is 11.8 Å². The van der Waals surface area contributed by atoms with Crippen molar-refractivity contribution in [1.82, 2.24) is 15.1 Å². The number of carbonyl (C=O) groups excluding carboxylic acids is 4. The molecule has 27 heavy (non-hydrogen) atoms. The molecule has 2 saturated carbocycles. The highest BCUT2D eigenvalue weighted by Crippen LogP contribution is 2.35. The largest absolute Gasteiger partial charge is 0.451 e. The highest BCUT2D eigenvalue weighted by atomic mass is 16.5. The molecular formula is C19H29N3O5. The van der Waals surface area contributed by atoms with E-state index in [1.807, 2.05) is 0 Å². The first-order valence-electron chi connectivity index (χ1n) is 9.94. The highest BCUT2D eigenvalue weighted by Gasteiger charge is 2.52. The van der Waals surface area contributed by atoms with Gasteiger partial charge >= 0.3 is 12.0 Å². The van der Waals surface area contributed by atoms with Crippen molar-refractivity contribution in [2.45, 2.75) is 82.4 Å². The Kier molecular flexibility index (Phi) is 5.72. The van der Waals surface area contributed by atoms with Crippen molar-refractivity contribution in [3.05, 3.63) is 0 Å². The number of esters is 1. The average Bonchev–Trinajstić information content (AvgIpc) is 3.22. The SMILES string of the molecule is C[C@@H](OC(=O)CN1C(=O)NC2(CCCC2)C1=O)C(=O)N(C)C1CCCCC1. The van der Waals surface area contributed by atoms with Crippen LogP contribution < -0.4 is 5.32 Å². The molecule has 1 aliphatic heterocycles. The normalized spacial score (nSPS) is 23.4. The van der Waals surface area contributed by atoms with E-state index in [2.05, 4.69) is 5.32 Å². The van der Waals surface area contributed by atoms with Gasteiger partial charge in [-0.2, -0.15) is 0 Å². The Bertz CT molecular complexity index is 623. The zero-order valence-electron chi connectivity index (χ0n) is 16.2. The van der Waals surface area contributed by atoms with Gasteiger partial charge in [0.05, 0.1) is 0 Å². The number of ether oxygens (including phenoxy) is 1. The fraction of sp³-hybridized carbons (Fsp3) is 0.789. The zero-order valence-corrected chi connectivity index (χ0v) is 16.2. The minimum atomic E-state index is -0.939. The van der Waals surface area contributed by atoms with Gasteiger partial charge in [0.2, 0.25) is 0 Å². The van der Waals surface area contributed by atoms with Gasteiger partial charge in [-0.05, 0) is 32.6 Å². The average molecular weight is 379 g/mol. The maximum absolute atomic E-state index is 12.6. The quantitative estimate of drug-likeness (QED) is 0.578. The van der Waals surface area contributed by atoms with Crippen LogP contribution in [0.5, 0.6) is 0 Å². The highest BCUT2D eigenvalue weighted by molar-refractivity contribution is 6.08. The minimum Gasteiger partial charge on any atom is -0.451 e. The van der Waals surface area contributed by atoms with E-state index in [0.29, 0.717) is 12.8 Å². The van der Waals surface area contributed by atoms with Crippen molar-refractivity contribution < 1.29 is 23.9 Å². The van der Waals surface area contributed by atoms with Gasteiger partial charge in [-0.25, -0.2) is 4.79 Å². The molecule has 4 amide bonds. The monoisotopic (exact) mass is 379 g/mol. The van der Waals surface area contributed by atoms with Crippen LogP contribution in [0.15, 0.2) is 0 Å². The summed E-state index contributed by atoms with van der Waals surface area (Å²) in [7, 11) is 1.74. The fourth-order valence-corrected chi connectivity index (χ4v) is 4.49. The Morgan fingerprint density at radius 1 is 1.19 bits per heavy atom. The molecule has 1 heterocycles. The Hall–Kier alpha value is -2.12. The zero-order chi connectivity index (χ0) is 19.6. The van der Waals surface area contributed by atoms with E-state index in [4.69, 9.17) is 4.74 Å². The lowest BCUT2D eigenvalue weighted by Crippen LogP contribution is -2.46. The molecule has 8 heteroatoms. The van der Waals surface area contributed by atoms with Gasteiger partial charge in [-0.1, -0.05) is 32.1 Å². The van der Waals surface area contributed by atoms with Crippen LogP contribution in [0.4, 0.5) is 4.79 Å². The van der Waals surface area contributed by atoms with Gasteiger partial charge in [0, 0.05) is 13.1 Å². The number of nitrogens with zero attached hydrogens (tertiary/aromatic N) is 2. The van der Waals surface area contributed by atoms with Crippen molar-refractivity contribution >= 4 is 23.8 Å². The number of imide groups is 1. The number of amides is 4. The van der Waals surface area contributed by atoms with Crippen molar-refractivity contribution in [2.24, 2.45) is 0 Å². The first-order valence-corrected chi connectivity index (χ1v) is 9.94. The lowest BCUT2D eigenvalue weighted by molar-refractivity contribution is -0.161. The molecule has 0 radical (unpaired) electrons. The molecule has 0 aromatic carbocycles. The summed E-state index contributed by atoms with van der Waals surface area (Å²) < 4.78 is 5.23. The number of likely N-dealkylation sites (N-methyl/N-ethyl adjacent to an activating group) is 1. The Balaban J connectivity index is 1.53. The second-order valence-electron chi connectivity index (χ2n) is 7.98. The summed E-state index contributed by atoms with van der Waals surface area (Å²) >= 11 is 0. The predicted octanol–water partition coefficient (Wildman–Crippen LogP) is 1.57. The van der Waals surface area contributed by atoms with Crippen LogP contribution in [0.2, 0.25) is 0 Å². The van der Waals surface area contributed by atoms with Gasteiger partial charge in [-0.3, -0.25) is 19.3 Å². The summed E-state index contributed by atoms with van der Waals surface area (Å²) in [5.74, 6) is -1.36. The third-order valence-electron chi connectivity index (χ3n) is 6.12. The molecule has 0 aromatic rings. The molecular weight excluding hydrogens is 350 g/mol. The van der Waals surface area contributed by atoms with Crippen LogP contribution in [0.25, 0.3) is 0 Å². The second kappa shape index (κ2) is 7.86. The lowest BCUT2D eigenvalue weighted by atomic mass is 9.94. The number of urea groups is 1. The summed E-state index contributed by atoms with van der Waals surface area (Å²) in [6, 6.07) is -0.377. The van der Waals surface area contributed by atoms with Crippen molar-refractivity contribution in [3.8, 4) is 0 Å². The second-order valence-corrected chi connectivity index (χ2v) is 7.98. The summed E-state index contributed by atoms with van der Waals surface area (Å²) in [6.45, 7) is 1.07. The molecule has 1 saturated heterocycles. The number of carbonyl (C=O) groups is 4. The number of nitrogens with one attached hydrogen (secondary N) is 1. The van der Waals surface area contributed by atoms with Crippen LogP contribution in [-0.2, 0) is 19.1 Å². The van der Waals surface area contributed by atoms with E-state index in [1.165, 1.54) is 13.3 Å². The maximum Gasteiger partial charge on any atom is 0.327 e. The topological polar surface area (TPSA) is 96.0 Å². The fourth-order valence-electron chi connectivity index (χ4n) is 4.49. The molecule has 8 nitrogen and oxygen atoms in total. The van der Waals surface area contributed by atoms with E-state index < -0.39 is 30.2 Å². The summed E-state index contributed by atoms with van der Waals surface area (Å²) in [5.41, 5.74) is -0.847. The first-order chi connectivity index (χ1) is 12.8. The van der Waals surface area contributed by atoms with Gasteiger partial charge < -0.3 is 15.0 Å². The summed E-state index contributed by atoms with van der Waals surface area (Å²) in [6.07, 6.45) is 7.35. The van der Waals surface area contributed by atoms with Crippen molar-refractivity contribution in [3.63, 3.8) is 0 Å². The maximum atomic E-state index is 12.6. The molecule has 1 spiro atoms. The minimum absolute atomic E-state index is 0.181. The van der Waals surface area contributed by atoms with E-state index in [-0.39, 0.29) is 17.9 Å². The van der Waals surface area contributed by atoms with Crippen LogP contribution in [0.3, 0.4) is 0 Å². The third kappa shape index (κ3) is 3.94. The number of rotatable bonds is 5. The van der Waals surface area contributed by atoms with Gasteiger partial charge in [0.1, 0.15) is 12.1 Å². The van der Waals surface area contributed by atoms with Crippen LogP contribution in [-0.4, -0.2) is 64.9 Å². The molecule has 3 aliphatic rings. The lowest BCUT2D eigenvalue weighted by Gasteiger charge is -2.32. The Morgan fingerprint density at radius 3 is 2.44 bits per heavy atom. The van der Waals surface area contributed by atoms with E-state index in [9.17, 15) is 19.2 Å². The van der Waals surface area contributed by atoms with Crippen LogP contribution in [0, 0.1) is 0 Å². The third-order valence-corrected chi connectivity index (χ3v) is 6.12. The Morgan fingerprint density at radius 2 is 1.81 bits per heavy atom. The van der Waals surface area contributed by atoms with Crippen LogP contribution in [0.1, 0.15) is 64.7 Å². The van der Waals surface area contributed by atoms with Gasteiger partial charge in [0.15, 0.2) is 6.10 Å². The smallest absolute Gasteiger partial charge is 0.327 e. The molecule has 1 atom stereocenters. The number of hydrogen-bond donors (Lipinski definition) is 1. The molecule has 150 valence electrons. The van der Waals surface area contributed by atoms with Crippen LogP contribution >= 0.6 is 0 Å². The Labute approximate surface area is 159 Å². The van der Waals surface area contributed by atoms with E-state index >= 15 is 0 Å². The number of hydrogen-bond acceptors (Lipinski definition) is 5. The molecule has 2 aliphatic carbocycles. The molecule has 0 bridgehead atoms. The van der Waals surface area contributed by atoms with E-state index in [1.54, 1.807) is 11.9 Å². The molecule has 3 fully saturated rings. The van der Waals surface area contributed by atoms with Crippen molar-refractivity contribution in [2.75, 3.05) is 13.6 Å². The summed E-state index contributed by atoms with van der Waals surface area (Å²) in [4.78, 5) is 52.1. The molecule has 0 aromatic heterocycles. The first kappa shape index (κ1) is 19.6. The van der Waals surface area contributed by atoms with Crippen molar-refractivity contribution in [1.29, 1.82) is 0 Å².